The Morgan fingerprint density at radius 1 is 1.00 bits per heavy atom. The van der Waals surface area contributed by atoms with Gasteiger partial charge < -0.3 is 19.5 Å². The molecule has 1 heterocycles. The van der Waals surface area contributed by atoms with Gasteiger partial charge in [-0.05, 0) is 53.2 Å². The molecular weight excluding hydrogens is 432 g/mol. The molecule has 32 heavy (non-hydrogen) atoms. The van der Waals surface area contributed by atoms with Crippen molar-refractivity contribution >= 4 is 34.9 Å². The summed E-state index contributed by atoms with van der Waals surface area (Å²) in [7, 11) is 4.65. The molecule has 0 spiro atoms. The van der Waals surface area contributed by atoms with Gasteiger partial charge >= 0.3 is 0 Å². The van der Waals surface area contributed by atoms with Gasteiger partial charge in [-0.15, -0.1) is 0 Å². The lowest BCUT2D eigenvalue weighted by Crippen LogP contribution is -2.37. The number of thioether (sulfide) groups is 1. The van der Waals surface area contributed by atoms with Crippen molar-refractivity contribution in [1.82, 2.24) is 10.2 Å². The van der Waals surface area contributed by atoms with Crippen LogP contribution in [0.3, 0.4) is 0 Å². The van der Waals surface area contributed by atoms with E-state index < -0.39 is 0 Å². The molecule has 0 aromatic heterocycles. The van der Waals surface area contributed by atoms with E-state index in [0.29, 0.717) is 22.2 Å². The molecule has 0 atom stereocenters. The first-order valence-electron chi connectivity index (χ1n) is 9.82. The molecule has 0 radical (unpaired) electrons. The first-order valence-corrected chi connectivity index (χ1v) is 10.6. The Morgan fingerprint density at radius 2 is 1.72 bits per heavy atom. The fourth-order valence-corrected chi connectivity index (χ4v) is 3.95. The van der Waals surface area contributed by atoms with E-state index in [2.05, 4.69) is 5.32 Å². The first-order chi connectivity index (χ1) is 15.4. The van der Waals surface area contributed by atoms with Crippen LogP contribution in [0, 0.1) is 0 Å². The number of nitrogens with one attached hydrogen (secondary N) is 1. The van der Waals surface area contributed by atoms with Crippen molar-refractivity contribution in [3.63, 3.8) is 0 Å². The summed E-state index contributed by atoms with van der Waals surface area (Å²) in [6.07, 6.45) is 1.81. The molecule has 0 aliphatic carbocycles. The maximum Gasteiger partial charge on any atom is 0.293 e. The van der Waals surface area contributed by atoms with E-state index >= 15 is 0 Å². The normalized spacial score (nSPS) is 14.6. The van der Waals surface area contributed by atoms with Gasteiger partial charge in [-0.25, -0.2) is 0 Å². The van der Waals surface area contributed by atoms with Crippen LogP contribution < -0.4 is 19.5 Å². The minimum Gasteiger partial charge on any atom is -0.497 e. The van der Waals surface area contributed by atoms with Crippen LogP contribution in [0.1, 0.15) is 11.1 Å². The van der Waals surface area contributed by atoms with Crippen molar-refractivity contribution in [2.24, 2.45) is 0 Å². The maximum absolute atomic E-state index is 12.6. The number of nitrogens with zero attached hydrogens (tertiary/aromatic N) is 1. The van der Waals surface area contributed by atoms with Crippen molar-refractivity contribution < 1.29 is 28.6 Å². The van der Waals surface area contributed by atoms with Crippen LogP contribution in [0.4, 0.5) is 4.79 Å². The summed E-state index contributed by atoms with van der Waals surface area (Å²) >= 11 is 0.884. The molecule has 0 bridgehead atoms. The number of hydrogen-bond donors (Lipinski definition) is 1. The molecule has 2 aromatic rings. The molecule has 0 unspecified atom stereocenters. The molecule has 1 N–H and O–H groups in total. The van der Waals surface area contributed by atoms with Crippen LogP contribution in [-0.2, 0) is 16.0 Å². The van der Waals surface area contributed by atoms with Crippen molar-refractivity contribution in [2.75, 3.05) is 34.4 Å². The highest BCUT2D eigenvalue weighted by Crippen LogP contribution is 2.32. The average Bonchev–Trinajstić information content (AvgIpc) is 3.06. The summed E-state index contributed by atoms with van der Waals surface area (Å²) in [4.78, 5) is 38.6. The number of methoxy groups -OCH3 is 3. The second-order valence-corrected chi connectivity index (χ2v) is 7.82. The number of benzene rings is 2. The number of carbonyl (C=O) groups excluding carboxylic acids is 3. The van der Waals surface area contributed by atoms with E-state index in [1.165, 1.54) is 7.11 Å². The highest BCUT2D eigenvalue weighted by atomic mass is 32.2. The number of carbonyl (C=O) groups is 3. The largest absolute Gasteiger partial charge is 0.497 e. The first kappa shape index (κ1) is 23.2. The van der Waals surface area contributed by atoms with Crippen LogP contribution >= 0.6 is 11.8 Å². The molecule has 9 heteroatoms. The van der Waals surface area contributed by atoms with Gasteiger partial charge in [0.05, 0.1) is 32.7 Å². The van der Waals surface area contributed by atoms with Crippen molar-refractivity contribution in [3.05, 3.63) is 58.5 Å². The van der Waals surface area contributed by atoms with Gasteiger partial charge in [-0.3, -0.25) is 19.3 Å². The Balaban J connectivity index is 1.53. The SMILES string of the molecule is COc1ccc(/C=C2\SC(=O)N(CCNC(=O)Cc3ccc(OC)c(OC)c3)C2=O)cc1. The Morgan fingerprint density at radius 3 is 2.38 bits per heavy atom. The lowest BCUT2D eigenvalue weighted by molar-refractivity contribution is -0.124. The molecule has 0 saturated carbocycles. The minimum atomic E-state index is -0.370. The summed E-state index contributed by atoms with van der Waals surface area (Å²) in [6.45, 7) is 0.266. The molecule has 3 amide bonds. The monoisotopic (exact) mass is 456 g/mol. The molecule has 2 aromatic carbocycles. The number of hydrogen-bond acceptors (Lipinski definition) is 7. The molecule has 1 saturated heterocycles. The quantitative estimate of drug-likeness (QED) is 0.580. The van der Waals surface area contributed by atoms with Crippen LogP contribution in [0.5, 0.6) is 17.2 Å². The van der Waals surface area contributed by atoms with Crippen LogP contribution in [0.15, 0.2) is 47.4 Å². The van der Waals surface area contributed by atoms with Gasteiger partial charge in [-0.1, -0.05) is 18.2 Å². The van der Waals surface area contributed by atoms with Gasteiger partial charge in [0, 0.05) is 13.1 Å². The third-order valence-corrected chi connectivity index (χ3v) is 5.66. The third kappa shape index (κ3) is 5.61. The molecule has 168 valence electrons. The van der Waals surface area contributed by atoms with Gasteiger partial charge in [-0.2, -0.15) is 0 Å². The Labute approximate surface area is 190 Å². The molecule has 1 fully saturated rings. The van der Waals surface area contributed by atoms with E-state index in [1.807, 2.05) is 0 Å². The van der Waals surface area contributed by atoms with Gasteiger partial charge in [0.2, 0.25) is 5.91 Å². The Bertz CT molecular complexity index is 1040. The summed E-state index contributed by atoms with van der Waals surface area (Å²) in [6, 6.07) is 12.4. The molecule has 8 nitrogen and oxygen atoms in total. The highest BCUT2D eigenvalue weighted by Gasteiger charge is 2.34. The van der Waals surface area contributed by atoms with Gasteiger partial charge in [0.1, 0.15) is 5.75 Å². The second-order valence-electron chi connectivity index (χ2n) is 6.82. The Hall–Kier alpha value is -3.46. The van der Waals surface area contributed by atoms with Crippen molar-refractivity contribution in [1.29, 1.82) is 0 Å². The summed E-state index contributed by atoms with van der Waals surface area (Å²) in [5.41, 5.74) is 1.55. The molecule has 1 aliphatic heterocycles. The lowest BCUT2D eigenvalue weighted by atomic mass is 10.1. The van der Waals surface area contributed by atoms with E-state index in [0.717, 1.165) is 27.8 Å². The van der Waals surface area contributed by atoms with Crippen LogP contribution in [0.25, 0.3) is 6.08 Å². The summed E-state index contributed by atoms with van der Waals surface area (Å²) in [5.74, 6) is 1.24. The van der Waals surface area contributed by atoms with Crippen LogP contribution in [-0.4, -0.2) is 56.4 Å². The van der Waals surface area contributed by atoms with Crippen LogP contribution in [0.2, 0.25) is 0 Å². The molecule has 1 aliphatic rings. The van der Waals surface area contributed by atoms with E-state index in [-0.39, 0.29) is 36.6 Å². The third-order valence-electron chi connectivity index (χ3n) is 4.76. The van der Waals surface area contributed by atoms with Gasteiger partial charge in [0.15, 0.2) is 11.5 Å². The number of ether oxygens (including phenoxy) is 3. The smallest absolute Gasteiger partial charge is 0.293 e. The molecular formula is C23H24N2O6S. The zero-order chi connectivity index (χ0) is 23.1. The lowest BCUT2D eigenvalue weighted by Gasteiger charge is -2.13. The molecule has 3 rings (SSSR count). The van der Waals surface area contributed by atoms with Gasteiger partial charge in [0.25, 0.3) is 11.1 Å². The summed E-state index contributed by atoms with van der Waals surface area (Å²) < 4.78 is 15.5. The predicted octanol–water partition coefficient (Wildman–Crippen LogP) is 3.11. The zero-order valence-corrected chi connectivity index (χ0v) is 18.9. The van der Waals surface area contributed by atoms with E-state index in [1.54, 1.807) is 62.8 Å². The number of imide groups is 1. The minimum absolute atomic E-state index is 0.0995. The van der Waals surface area contributed by atoms with Crippen molar-refractivity contribution in [3.8, 4) is 17.2 Å². The fraction of sp³-hybridized carbons (Fsp3) is 0.261. The van der Waals surface area contributed by atoms with E-state index in [9.17, 15) is 14.4 Å². The Kier molecular flexibility index (Phi) is 7.77. The zero-order valence-electron chi connectivity index (χ0n) is 18.0. The summed E-state index contributed by atoms with van der Waals surface area (Å²) in [5, 5.41) is 2.39. The second kappa shape index (κ2) is 10.7. The predicted molar refractivity (Wildman–Crippen MR) is 122 cm³/mol. The number of rotatable bonds is 9. The van der Waals surface area contributed by atoms with Crippen molar-refractivity contribution in [2.45, 2.75) is 6.42 Å². The standard InChI is InChI=1S/C23H24N2O6S/c1-29-17-7-4-15(5-8-17)13-20-22(27)25(23(28)32-20)11-10-24-21(26)14-16-6-9-18(30-2)19(12-16)31-3/h4-9,12-13H,10-11,14H2,1-3H3,(H,24,26)/b20-13-. The maximum atomic E-state index is 12.6. The number of amides is 3. The van der Waals surface area contributed by atoms with E-state index in [4.69, 9.17) is 14.2 Å². The topological polar surface area (TPSA) is 94.2 Å². The average molecular weight is 457 g/mol. The highest BCUT2D eigenvalue weighted by molar-refractivity contribution is 8.18. The fourth-order valence-electron chi connectivity index (χ4n) is 3.09.